The van der Waals surface area contributed by atoms with E-state index >= 15 is 0 Å². The molecule has 0 saturated heterocycles. The van der Waals surface area contributed by atoms with Gasteiger partial charge >= 0.3 is 0 Å². The van der Waals surface area contributed by atoms with Crippen LogP contribution in [0.3, 0.4) is 0 Å². The van der Waals surface area contributed by atoms with Crippen LogP contribution in [-0.2, 0) is 6.42 Å². The van der Waals surface area contributed by atoms with Crippen molar-refractivity contribution in [3.05, 3.63) is 126 Å². The fourth-order valence-electron chi connectivity index (χ4n) is 4.21. The third kappa shape index (κ3) is 5.18. The SMILES string of the molecule is C[P+](c1ccccc1)(c1ccccc1)c1ccccc1C(=O)CCCc1ccccc1.[Cl-]. The van der Waals surface area contributed by atoms with Crippen molar-refractivity contribution >= 4 is 29.0 Å². The van der Waals surface area contributed by atoms with Crippen molar-refractivity contribution < 1.29 is 17.2 Å². The first-order chi connectivity index (χ1) is 15.2. The standard InChI is InChI=1S/C29H28OP.ClH/c1-31(25-17-7-3-8-18-25,26-19-9-4-10-20-26)29-23-12-11-21-27(29)28(30)22-13-16-24-14-5-2-6-15-24;/h2-12,14-15,17-21,23H,13,16,22H2,1H3;1H/q+1;/p-1. The molecule has 1 nitrogen and oxygen atoms in total. The summed E-state index contributed by atoms with van der Waals surface area (Å²) in [7, 11) is -1.93. The summed E-state index contributed by atoms with van der Waals surface area (Å²) in [6.07, 6.45) is 2.36. The first-order valence-corrected chi connectivity index (χ1v) is 13.1. The van der Waals surface area contributed by atoms with Crippen LogP contribution in [0.15, 0.2) is 115 Å². The highest BCUT2D eigenvalue weighted by Gasteiger charge is 2.42. The summed E-state index contributed by atoms with van der Waals surface area (Å²) in [5, 5.41) is 3.77. The van der Waals surface area contributed by atoms with Gasteiger partial charge in [-0.2, -0.15) is 0 Å². The number of carbonyl (C=O) groups is 1. The van der Waals surface area contributed by atoms with Crippen LogP contribution in [0, 0.1) is 0 Å². The highest BCUT2D eigenvalue weighted by atomic mass is 35.5. The van der Waals surface area contributed by atoms with Crippen LogP contribution in [0.2, 0.25) is 0 Å². The normalized spacial score (nSPS) is 10.9. The van der Waals surface area contributed by atoms with Gasteiger partial charge in [0.2, 0.25) is 0 Å². The molecule has 0 atom stereocenters. The van der Waals surface area contributed by atoms with Crippen molar-refractivity contribution in [1.82, 2.24) is 0 Å². The van der Waals surface area contributed by atoms with Crippen LogP contribution < -0.4 is 28.3 Å². The highest BCUT2D eigenvalue weighted by Crippen LogP contribution is 2.52. The van der Waals surface area contributed by atoms with E-state index in [-0.39, 0.29) is 18.2 Å². The van der Waals surface area contributed by atoms with Gasteiger partial charge in [-0.3, -0.25) is 4.79 Å². The summed E-state index contributed by atoms with van der Waals surface area (Å²) in [6.45, 7) is 2.34. The number of aryl methyl sites for hydroxylation is 1. The maximum Gasteiger partial charge on any atom is 0.166 e. The Balaban J connectivity index is 0.00000289. The molecule has 0 saturated carbocycles. The fraction of sp³-hybridized carbons (Fsp3) is 0.138. The lowest BCUT2D eigenvalue weighted by Gasteiger charge is -2.25. The Morgan fingerprint density at radius 2 is 1.12 bits per heavy atom. The second-order valence-corrected chi connectivity index (χ2v) is 11.5. The molecule has 0 aliphatic heterocycles. The molecule has 3 heteroatoms. The number of carbonyl (C=O) groups excluding carboxylic acids is 1. The Morgan fingerprint density at radius 1 is 0.656 bits per heavy atom. The molecule has 0 N–H and O–H groups in total. The van der Waals surface area contributed by atoms with E-state index in [4.69, 9.17) is 0 Å². The van der Waals surface area contributed by atoms with E-state index < -0.39 is 7.26 Å². The topological polar surface area (TPSA) is 17.1 Å². The molecule has 0 radical (unpaired) electrons. The third-order valence-corrected chi connectivity index (χ3v) is 9.96. The molecule has 4 aromatic rings. The highest BCUT2D eigenvalue weighted by molar-refractivity contribution is 7.95. The van der Waals surface area contributed by atoms with Crippen LogP contribution in [0.1, 0.15) is 28.8 Å². The van der Waals surface area contributed by atoms with Crippen molar-refractivity contribution in [3.63, 3.8) is 0 Å². The van der Waals surface area contributed by atoms with E-state index in [2.05, 4.69) is 104 Å². The van der Waals surface area contributed by atoms with E-state index in [0.29, 0.717) is 6.42 Å². The summed E-state index contributed by atoms with van der Waals surface area (Å²) in [4.78, 5) is 13.4. The zero-order valence-electron chi connectivity index (χ0n) is 18.3. The quantitative estimate of drug-likeness (QED) is 0.293. The van der Waals surface area contributed by atoms with Gasteiger partial charge in [-0.15, -0.1) is 0 Å². The number of ketones is 1. The number of Topliss-reactive ketones (excluding diaryl/α,β-unsaturated/α-hetero) is 1. The Hall–Kier alpha value is -2.73. The zero-order valence-corrected chi connectivity index (χ0v) is 20.0. The predicted molar refractivity (Wildman–Crippen MR) is 135 cm³/mol. The van der Waals surface area contributed by atoms with Crippen LogP contribution >= 0.6 is 7.26 Å². The molecule has 0 bridgehead atoms. The average Bonchev–Trinajstić information content (AvgIpc) is 2.85. The van der Waals surface area contributed by atoms with Crippen molar-refractivity contribution in [3.8, 4) is 0 Å². The van der Waals surface area contributed by atoms with Gasteiger partial charge in [-0.05, 0) is 54.8 Å². The smallest absolute Gasteiger partial charge is 0.166 e. The second kappa shape index (κ2) is 11.2. The maximum atomic E-state index is 13.4. The Morgan fingerprint density at radius 3 is 1.69 bits per heavy atom. The molecule has 0 aliphatic carbocycles. The molecular formula is C29H28ClOP. The van der Waals surface area contributed by atoms with Crippen LogP contribution in [0.5, 0.6) is 0 Å². The summed E-state index contributed by atoms with van der Waals surface area (Å²) in [6, 6.07) is 40.0. The van der Waals surface area contributed by atoms with Crippen LogP contribution in [0.25, 0.3) is 0 Å². The predicted octanol–water partition coefficient (Wildman–Crippen LogP) is 2.82. The van der Waals surface area contributed by atoms with Crippen molar-refractivity contribution in [2.24, 2.45) is 0 Å². The van der Waals surface area contributed by atoms with E-state index in [0.717, 1.165) is 18.4 Å². The third-order valence-electron chi connectivity index (χ3n) is 5.94. The van der Waals surface area contributed by atoms with Crippen LogP contribution in [-0.4, -0.2) is 12.4 Å². The number of rotatable bonds is 8. The van der Waals surface area contributed by atoms with E-state index in [9.17, 15) is 4.79 Å². The summed E-state index contributed by atoms with van der Waals surface area (Å²) >= 11 is 0. The first kappa shape index (κ1) is 23.9. The van der Waals surface area contributed by atoms with Gasteiger partial charge in [-0.25, -0.2) is 0 Å². The monoisotopic (exact) mass is 458 g/mol. The van der Waals surface area contributed by atoms with E-state index in [1.807, 2.05) is 18.2 Å². The minimum Gasteiger partial charge on any atom is -1.00 e. The van der Waals surface area contributed by atoms with Crippen molar-refractivity contribution in [2.75, 3.05) is 6.66 Å². The molecule has 0 amide bonds. The molecule has 162 valence electrons. The minimum absolute atomic E-state index is 0. The molecule has 0 fully saturated rings. The van der Waals surface area contributed by atoms with Gasteiger partial charge in [0, 0.05) is 6.42 Å². The summed E-state index contributed by atoms with van der Waals surface area (Å²) in [5.41, 5.74) is 2.16. The average molecular weight is 459 g/mol. The molecule has 0 heterocycles. The lowest BCUT2D eigenvalue weighted by molar-refractivity contribution is -0.0000141. The molecule has 0 unspecified atom stereocenters. The lowest BCUT2D eigenvalue weighted by Crippen LogP contribution is -3.00. The molecule has 0 spiro atoms. The van der Waals surface area contributed by atoms with Gasteiger partial charge in [0.25, 0.3) is 0 Å². The number of hydrogen-bond acceptors (Lipinski definition) is 1. The summed E-state index contributed by atoms with van der Waals surface area (Å²) < 4.78 is 0. The van der Waals surface area contributed by atoms with Crippen molar-refractivity contribution in [2.45, 2.75) is 19.3 Å². The van der Waals surface area contributed by atoms with Gasteiger partial charge in [-0.1, -0.05) is 78.9 Å². The lowest BCUT2D eigenvalue weighted by atomic mass is 10.0. The second-order valence-electron chi connectivity index (χ2n) is 7.96. The number of halogens is 1. The summed E-state index contributed by atoms with van der Waals surface area (Å²) in [5.74, 6) is 0.240. The molecule has 0 aromatic heterocycles. The molecule has 0 aliphatic rings. The maximum absolute atomic E-state index is 13.4. The first-order valence-electron chi connectivity index (χ1n) is 10.8. The number of hydrogen-bond donors (Lipinski definition) is 0. The van der Waals surface area contributed by atoms with Crippen molar-refractivity contribution in [1.29, 1.82) is 0 Å². The van der Waals surface area contributed by atoms with Gasteiger partial charge < -0.3 is 12.4 Å². The fourth-order valence-corrected chi connectivity index (χ4v) is 7.67. The van der Waals surface area contributed by atoms with Gasteiger partial charge in [0.1, 0.15) is 23.2 Å². The Kier molecular flexibility index (Phi) is 8.39. The molecule has 4 rings (SSSR count). The molecule has 32 heavy (non-hydrogen) atoms. The Labute approximate surface area is 198 Å². The molecular weight excluding hydrogens is 431 g/mol. The van der Waals surface area contributed by atoms with E-state index in [1.54, 1.807) is 0 Å². The van der Waals surface area contributed by atoms with Crippen LogP contribution in [0.4, 0.5) is 0 Å². The Bertz CT molecular complexity index is 1090. The van der Waals surface area contributed by atoms with Gasteiger partial charge in [0.05, 0.1) is 12.2 Å². The van der Waals surface area contributed by atoms with Gasteiger partial charge in [0.15, 0.2) is 5.78 Å². The zero-order chi connectivity index (χ0) is 21.5. The number of benzene rings is 4. The minimum atomic E-state index is -1.93. The van der Waals surface area contributed by atoms with E-state index in [1.165, 1.54) is 21.5 Å². The molecule has 4 aromatic carbocycles. The largest absolute Gasteiger partial charge is 1.00 e.